The Morgan fingerprint density at radius 1 is 1.33 bits per heavy atom. The van der Waals surface area contributed by atoms with Crippen molar-refractivity contribution in [1.29, 1.82) is 0 Å². The average molecular weight is 271 g/mol. The molecule has 0 unspecified atom stereocenters. The van der Waals surface area contributed by atoms with Gasteiger partial charge in [-0.15, -0.1) is 0 Å². The van der Waals surface area contributed by atoms with Crippen molar-refractivity contribution in [2.45, 2.75) is 38.9 Å². The van der Waals surface area contributed by atoms with Crippen molar-refractivity contribution in [1.82, 2.24) is 9.97 Å². The van der Waals surface area contributed by atoms with Gasteiger partial charge >= 0.3 is 0 Å². The van der Waals surface area contributed by atoms with Gasteiger partial charge < -0.3 is 5.32 Å². The lowest BCUT2D eigenvalue weighted by molar-refractivity contribution is 0.559. The number of aromatic nitrogens is 2. The third kappa shape index (κ3) is 3.66. The van der Waals surface area contributed by atoms with Crippen LogP contribution in [0.4, 0.5) is 5.82 Å². The summed E-state index contributed by atoms with van der Waals surface area (Å²) in [5.41, 5.74) is 0.946. The van der Waals surface area contributed by atoms with Crippen molar-refractivity contribution in [3.63, 3.8) is 0 Å². The first kappa shape index (κ1) is 14.9. The van der Waals surface area contributed by atoms with Crippen LogP contribution >= 0.6 is 0 Å². The highest BCUT2D eigenvalue weighted by atomic mass is 32.2. The first-order valence-corrected chi connectivity index (χ1v) is 7.83. The number of anilines is 1. The molecule has 0 aliphatic heterocycles. The third-order valence-electron chi connectivity index (χ3n) is 2.95. The summed E-state index contributed by atoms with van der Waals surface area (Å²) in [6.07, 6.45) is 2.07. The van der Waals surface area contributed by atoms with Crippen molar-refractivity contribution in [2.75, 3.05) is 18.1 Å². The van der Waals surface area contributed by atoms with Gasteiger partial charge in [0.25, 0.3) is 0 Å². The first-order valence-electron chi connectivity index (χ1n) is 5.94. The summed E-state index contributed by atoms with van der Waals surface area (Å²) in [6, 6.07) is 1.85. The van der Waals surface area contributed by atoms with Gasteiger partial charge in [0.05, 0.1) is 4.75 Å². The van der Waals surface area contributed by atoms with Crippen molar-refractivity contribution in [3.8, 4) is 0 Å². The van der Waals surface area contributed by atoms with E-state index in [0.717, 1.165) is 12.1 Å². The topological polar surface area (TPSA) is 72.0 Å². The molecule has 1 aromatic heterocycles. The van der Waals surface area contributed by atoms with E-state index in [1.807, 2.05) is 19.9 Å². The Morgan fingerprint density at radius 2 is 1.94 bits per heavy atom. The number of hydrogen-bond donors (Lipinski definition) is 1. The Balaban J connectivity index is 2.84. The van der Waals surface area contributed by atoms with E-state index in [1.165, 1.54) is 6.26 Å². The SMILES string of the molecule is CCc1cc(NCC(C)(C)S(C)(=O)=O)nc(C)n1. The Bertz CT molecular complexity index is 524. The molecule has 1 N–H and O–H groups in total. The van der Waals surface area contributed by atoms with Crippen molar-refractivity contribution >= 4 is 15.7 Å². The highest BCUT2D eigenvalue weighted by molar-refractivity contribution is 7.92. The van der Waals surface area contributed by atoms with E-state index >= 15 is 0 Å². The van der Waals surface area contributed by atoms with E-state index in [1.54, 1.807) is 13.8 Å². The summed E-state index contributed by atoms with van der Waals surface area (Å²) in [4.78, 5) is 8.53. The second kappa shape index (κ2) is 5.22. The summed E-state index contributed by atoms with van der Waals surface area (Å²) in [5, 5.41) is 3.08. The number of nitrogens with one attached hydrogen (secondary N) is 1. The molecule has 1 rings (SSSR count). The van der Waals surface area contributed by atoms with Crippen molar-refractivity contribution in [2.24, 2.45) is 0 Å². The third-order valence-corrected chi connectivity index (χ3v) is 5.10. The molecule has 0 fully saturated rings. The molecule has 5 nitrogen and oxygen atoms in total. The summed E-state index contributed by atoms with van der Waals surface area (Å²) in [7, 11) is -3.10. The van der Waals surface area contributed by atoms with Crippen LogP contribution in [0.25, 0.3) is 0 Å². The highest BCUT2D eigenvalue weighted by Crippen LogP contribution is 2.16. The Labute approximate surface area is 109 Å². The van der Waals surface area contributed by atoms with Gasteiger partial charge in [0, 0.05) is 24.6 Å². The van der Waals surface area contributed by atoms with Gasteiger partial charge in [-0.2, -0.15) is 0 Å². The zero-order valence-corrected chi connectivity index (χ0v) is 12.4. The van der Waals surface area contributed by atoms with Gasteiger partial charge in [-0.1, -0.05) is 6.92 Å². The molecule has 18 heavy (non-hydrogen) atoms. The smallest absolute Gasteiger partial charge is 0.154 e. The minimum atomic E-state index is -3.10. The van der Waals surface area contributed by atoms with Crippen LogP contribution in [0.15, 0.2) is 6.07 Å². The van der Waals surface area contributed by atoms with E-state index in [4.69, 9.17) is 0 Å². The maximum atomic E-state index is 11.6. The number of hydrogen-bond acceptors (Lipinski definition) is 5. The highest BCUT2D eigenvalue weighted by Gasteiger charge is 2.29. The van der Waals surface area contributed by atoms with Crippen LogP contribution in [0.1, 0.15) is 32.3 Å². The second-order valence-corrected chi connectivity index (χ2v) is 7.68. The molecule has 0 amide bonds. The Hall–Kier alpha value is -1.17. The van der Waals surface area contributed by atoms with Crippen LogP contribution in [0, 0.1) is 6.92 Å². The van der Waals surface area contributed by atoms with Crippen LogP contribution in [0.3, 0.4) is 0 Å². The summed E-state index contributed by atoms with van der Waals surface area (Å²) in [6.45, 7) is 7.57. The minimum Gasteiger partial charge on any atom is -0.368 e. The monoisotopic (exact) mass is 271 g/mol. The first-order chi connectivity index (χ1) is 8.15. The van der Waals surface area contributed by atoms with E-state index in [0.29, 0.717) is 18.2 Å². The second-order valence-electron chi connectivity index (χ2n) is 5.03. The molecule has 0 aliphatic rings. The maximum absolute atomic E-state index is 11.6. The molecular formula is C12H21N3O2S. The fourth-order valence-corrected chi connectivity index (χ4v) is 1.67. The fourth-order valence-electron chi connectivity index (χ4n) is 1.34. The molecule has 102 valence electrons. The van der Waals surface area contributed by atoms with Crippen molar-refractivity contribution < 1.29 is 8.42 Å². The lowest BCUT2D eigenvalue weighted by atomic mass is 10.2. The standard InChI is InChI=1S/C12H21N3O2S/c1-6-10-7-11(15-9(2)14-10)13-8-12(3,4)18(5,16)17/h7H,6,8H2,1-5H3,(H,13,14,15). The normalized spacial score (nSPS) is 12.5. The molecule has 0 spiro atoms. The average Bonchev–Trinajstić information content (AvgIpc) is 2.24. The summed E-state index contributed by atoms with van der Waals surface area (Å²) >= 11 is 0. The lowest BCUT2D eigenvalue weighted by Gasteiger charge is -2.23. The number of aryl methyl sites for hydroxylation is 2. The molecule has 0 bridgehead atoms. The Morgan fingerprint density at radius 3 is 2.44 bits per heavy atom. The van der Waals surface area contributed by atoms with Crippen LogP contribution in [0.2, 0.25) is 0 Å². The molecule has 1 heterocycles. The molecule has 0 aliphatic carbocycles. The minimum absolute atomic E-state index is 0.325. The zero-order valence-electron chi connectivity index (χ0n) is 11.6. The molecular weight excluding hydrogens is 250 g/mol. The van der Waals surface area contributed by atoms with Crippen LogP contribution in [-0.4, -0.2) is 35.9 Å². The molecule has 0 aromatic carbocycles. The maximum Gasteiger partial charge on any atom is 0.154 e. The van der Waals surface area contributed by atoms with E-state index in [2.05, 4.69) is 15.3 Å². The Kier molecular flexibility index (Phi) is 4.32. The molecule has 0 atom stereocenters. The van der Waals surface area contributed by atoms with Crippen molar-refractivity contribution in [3.05, 3.63) is 17.6 Å². The van der Waals surface area contributed by atoms with Gasteiger partial charge in [0.15, 0.2) is 9.84 Å². The van der Waals surface area contributed by atoms with E-state index in [-0.39, 0.29) is 0 Å². The number of sulfone groups is 1. The van der Waals surface area contributed by atoms with E-state index in [9.17, 15) is 8.42 Å². The van der Waals surface area contributed by atoms with Gasteiger partial charge in [-0.25, -0.2) is 18.4 Å². The van der Waals surface area contributed by atoms with Gasteiger partial charge in [-0.3, -0.25) is 0 Å². The molecule has 1 aromatic rings. The van der Waals surface area contributed by atoms with Gasteiger partial charge in [-0.05, 0) is 27.2 Å². The summed E-state index contributed by atoms with van der Waals surface area (Å²) < 4.78 is 22.4. The van der Waals surface area contributed by atoms with E-state index < -0.39 is 14.6 Å². The number of rotatable bonds is 5. The van der Waals surface area contributed by atoms with Crippen LogP contribution < -0.4 is 5.32 Å². The lowest BCUT2D eigenvalue weighted by Crippen LogP contribution is -2.38. The summed E-state index contributed by atoms with van der Waals surface area (Å²) in [5.74, 6) is 1.37. The number of nitrogens with zero attached hydrogens (tertiary/aromatic N) is 2. The quantitative estimate of drug-likeness (QED) is 0.880. The molecule has 0 saturated carbocycles. The predicted molar refractivity (Wildman–Crippen MR) is 73.6 cm³/mol. The van der Waals surface area contributed by atoms with Gasteiger partial charge in [0.1, 0.15) is 11.6 Å². The largest absolute Gasteiger partial charge is 0.368 e. The van der Waals surface area contributed by atoms with Crippen LogP contribution in [0.5, 0.6) is 0 Å². The van der Waals surface area contributed by atoms with Gasteiger partial charge in [0.2, 0.25) is 0 Å². The zero-order chi connectivity index (χ0) is 14.0. The fraction of sp³-hybridized carbons (Fsp3) is 0.667. The predicted octanol–water partition coefficient (Wildman–Crippen LogP) is 1.58. The molecule has 0 radical (unpaired) electrons. The van der Waals surface area contributed by atoms with Crippen LogP contribution in [-0.2, 0) is 16.3 Å². The molecule has 6 heteroatoms. The molecule has 0 saturated heterocycles.